The normalized spacial score (nSPS) is 17.3. The van der Waals surface area contributed by atoms with E-state index < -0.39 is 0 Å². The van der Waals surface area contributed by atoms with Crippen LogP contribution in [0.2, 0.25) is 0 Å². The van der Waals surface area contributed by atoms with Crippen LogP contribution in [-0.2, 0) is 0 Å². The number of hydrogen-bond acceptors (Lipinski definition) is 2. The van der Waals surface area contributed by atoms with Crippen molar-refractivity contribution in [2.45, 2.75) is 24.7 Å². The highest BCUT2D eigenvalue weighted by molar-refractivity contribution is 6.22. The fourth-order valence-electron chi connectivity index (χ4n) is 8.32. The van der Waals surface area contributed by atoms with Gasteiger partial charge in [-0.3, -0.25) is 9.59 Å². The summed E-state index contributed by atoms with van der Waals surface area (Å²) in [6, 6.07) is 34.8. The lowest BCUT2D eigenvalue weighted by molar-refractivity contribution is 0.111. The van der Waals surface area contributed by atoms with Crippen molar-refractivity contribution in [2.24, 2.45) is 0 Å². The second-order valence-electron chi connectivity index (χ2n) is 11.5. The van der Waals surface area contributed by atoms with Crippen molar-refractivity contribution in [3.63, 3.8) is 0 Å². The Bertz CT molecular complexity index is 1940. The summed E-state index contributed by atoms with van der Waals surface area (Å²) in [5.74, 6) is 0.0575. The van der Waals surface area contributed by atoms with E-state index in [9.17, 15) is 9.59 Å². The second-order valence-corrected chi connectivity index (χ2v) is 11.5. The zero-order chi connectivity index (χ0) is 27.2. The second kappa shape index (κ2) is 8.25. The summed E-state index contributed by atoms with van der Waals surface area (Å²) in [4.78, 5) is 27.9. The molecule has 4 aliphatic carbocycles. The minimum Gasteiger partial charge on any atom is -0.350 e. The van der Waals surface area contributed by atoms with E-state index in [0.717, 1.165) is 36.5 Å². The van der Waals surface area contributed by atoms with Crippen LogP contribution in [0.3, 0.4) is 0 Å². The summed E-state index contributed by atoms with van der Waals surface area (Å²) < 4.78 is 0. The first-order valence-electron chi connectivity index (χ1n) is 14.3. The number of aldehydes is 2. The molecule has 2 unspecified atom stereocenters. The molecule has 3 heteroatoms. The van der Waals surface area contributed by atoms with Gasteiger partial charge in [0.05, 0.1) is 11.4 Å². The third-order valence-corrected chi connectivity index (χ3v) is 9.66. The largest absolute Gasteiger partial charge is 0.350 e. The molecule has 4 aliphatic rings. The van der Waals surface area contributed by atoms with Crippen LogP contribution in [0.15, 0.2) is 97.1 Å². The Morgan fingerprint density at radius 3 is 1.41 bits per heavy atom. The van der Waals surface area contributed by atoms with Gasteiger partial charge >= 0.3 is 0 Å². The Morgan fingerprint density at radius 1 is 0.512 bits per heavy atom. The quantitative estimate of drug-likeness (QED) is 0.232. The number of nitrogens with one attached hydrogen (secondary N) is 1. The molecule has 1 heterocycles. The Balaban J connectivity index is 1.53. The lowest BCUT2D eigenvalue weighted by Gasteiger charge is -2.43. The molecular formula is C38H25NO2. The van der Waals surface area contributed by atoms with E-state index in [0.29, 0.717) is 11.4 Å². The third kappa shape index (κ3) is 2.83. The van der Waals surface area contributed by atoms with Crippen LogP contribution in [0, 0.1) is 0 Å². The summed E-state index contributed by atoms with van der Waals surface area (Å²) in [5, 5.41) is 2.55. The van der Waals surface area contributed by atoms with Crippen molar-refractivity contribution in [2.75, 3.05) is 0 Å². The number of carbonyl (C=O) groups excluding carboxylic acids is 2. The van der Waals surface area contributed by atoms with Crippen molar-refractivity contribution < 1.29 is 9.59 Å². The number of aromatic amines is 1. The van der Waals surface area contributed by atoms with Crippen LogP contribution in [-0.4, -0.2) is 17.6 Å². The Morgan fingerprint density at radius 2 is 0.976 bits per heavy atom. The fraction of sp³-hybridized carbons (Fsp3) is 0.105. The van der Waals surface area contributed by atoms with Gasteiger partial charge in [-0.25, -0.2) is 0 Å². The summed E-state index contributed by atoms with van der Waals surface area (Å²) in [7, 11) is 0. The van der Waals surface area contributed by atoms with Gasteiger partial charge in [0, 0.05) is 11.8 Å². The number of fused-ring (bicyclic) bond motifs is 4. The molecule has 3 nitrogen and oxygen atoms in total. The van der Waals surface area contributed by atoms with Gasteiger partial charge in [0.2, 0.25) is 0 Å². The third-order valence-electron chi connectivity index (χ3n) is 9.66. The first kappa shape index (κ1) is 22.8. The fourth-order valence-corrected chi connectivity index (χ4v) is 8.32. The molecule has 0 aliphatic heterocycles. The van der Waals surface area contributed by atoms with Crippen LogP contribution >= 0.6 is 0 Å². The van der Waals surface area contributed by atoms with Crippen LogP contribution in [0.5, 0.6) is 0 Å². The minimum atomic E-state index is 0.0287. The summed E-state index contributed by atoms with van der Waals surface area (Å²) >= 11 is 0. The minimum absolute atomic E-state index is 0.0287. The highest BCUT2D eigenvalue weighted by Crippen LogP contribution is 2.65. The van der Waals surface area contributed by atoms with Crippen molar-refractivity contribution in [3.05, 3.63) is 131 Å². The van der Waals surface area contributed by atoms with E-state index >= 15 is 0 Å². The topological polar surface area (TPSA) is 49.9 Å². The molecule has 194 valence electrons. The molecule has 0 radical (unpaired) electrons. The highest BCUT2D eigenvalue weighted by Gasteiger charge is 2.47. The summed E-state index contributed by atoms with van der Waals surface area (Å²) in [5.41, 5.74) is 15.8. The van der Waals surface area contributed by atoms with Gasteiger partial charge < -0.3 is 4.98 Å². The molecule has 5 aromatic carbocycles. The molecule has 41 heavy (non-hydrogen) atoms. The average Bonchev–Trinajstić information content (AvgIpc) is 3.59. The summed E-state index contributed by atoms with van der Waals surface area (Å²) in [6.45, 7) is 0. The number of H-pyrrole nitrogens is 1. The highest BCUT2D eigenvalue weighted by atomic mass is 16.1. The molecule has 0 saturated carbocycles. The van der Waals surface area contributed by atoms with Crippen LogP contribution in [0.1, 0.15) is 67.9 Å². The van der Waals surface area contributed by atoms with E-state index in [4.69, 9.17) is 0 Å². The number of hydrogen-bond donors (Lipinski definition) is 1. The SMILES string of the molecule is O=Cc1[nH]c(C=O)c2c1C1CCC2c2c(-c3ccccc3)c3c(c(-c4ccccc4)c21)-c1cccc2cccc-3c12. The predicted molar refractivity (Wildman–Crippen MR) is 164 cm³/mol. The molecule has 10 rings (SSSR count). The standard InChI is InChI=1S/C38H25NO2/c40-19-28-33-26-17-18-27(34(33)29(20-41)39-28)38-32(23-11-5-2-6-12-23)36-25-16-8-14-21-13-7-15-24(30(21)25)35(36)31(37(26)38)22-9-3-1-4-10-22/h1-16,19-20,26-27,39H,17-18H2. The van der Waals surface area contributed by atoms with Gasteiger partial charge in [0.25, 0.3) is 0 Å². The van der Waals surface area contributed by atoms with E-state index in [1.165, 1.54) is 66.4 Å². The molecule has 0 fully saturated rings. The zero-order valence-corrected chi connectivity index (χ0v) is 22.3. The van der Waals surface area contributed by atoms with Gasteiger partial charge in [-0.1, -0.05) is 97.1 Å². The van der Waals surface area contributed by atoms with Gasteiger partial charge in [0.15, 0.2) is 12.6 Å². The Kier molecular flexibility index (Phi) is 4.58. The van der Waals surface area contributed by atoms with E-state index in [-0.39, 0.29) is 11.8 Å². The van der Waals surface area contributed by atoms with Crippen molar-refractivity contribution in [1.82, 2.24) is 4.98 Å². The monoisotopic (exact) mass is 527 g/mol. The van der Waals surface area contributed by atoms with Gasteiger partial charge in [-0.05, 0) is 90.4 Å². The van der Waals surface area contributed by atoms with Crippen LogP contribution in [0.25, 0.3) is 55.3 Å². The molecule has 0 amide bonds. The number of rotatable bonds is 4. The molecule has 6 aromatic rings. The Hall–Kier alpha value is -5.02. The van der Waals surface area contributed by atoms with E-state index in [1.54, 1.807) is 0 Å². The summed E-state index contributed by atoms with van der Waals surface area (Å²) in [6.07, 6.45) is 3.70. The van der Waals surface area contributed by atoms with Crippen molar-refractivity contribution in [1.29, 1.82) is 0 Å². The average molecular weight is 528 g/mol. The molecule has 1 aromatic heterocycles. The van der Waals surface area contributed by atoms with Crippen molar-refractivity contribution in [3.8, 4) is 44.5 Å². The maximum atomic E-state index is 12.4. The smallest absolute Gasteiger partial charge is 0.166 e. The lowest BCUT2D eigenvalue weighted by atomic mass is 9.59. The van der Waals surface area contributed by atoms with Gasteiger partial charge in [-0.2, -0.15) is 0 Å². The predicted octanol–water partition coefficient (Wildman–Crippen LogP) is 9.15. The number of aromatic nitrogens is 1. The molecule has 2 bridgehead atoms. The molecule has 2 atom stereocenters. The van der Waals surface area contributed by atoms with Crippen LogP contribution < -0.4 is 0 Å². The Labute approximate surface area is 237 Å². The maximum Gasteiger partial charge on any atom is 0.166 e. The molecule has 0 saturated heterocycles. The van der Waals surface area contributed by atoms with E-state index in [1.807, 2.05) is 0 Å². The van der Waals surface area contributed by atoms with Gasteiger partial charge in [-0.15, -0.1) is 0 Å². The number of benzene rings is 5. The van der Waals surface area contributed by atoms with E-state index in [2.05, 4.69) is 102 Å². The number of carbonyl (C=O) groups is 2. The lowest BCUT2D eigenvalue weighted by Crippen LogP contribution is -2.27. The zero-order valence-electron chi connectivity index (χ0n) is 22.3. The maximum absolute atomic E-state index is 12.4. The van der Waals surface area contributed by atoms with Crippen LogP contribution in [0.4, 0.5) is 0 Å². The first-order chi connectivity index (χ1) is 20.3. The molecule has 0 spiro atoms. The molecule has 1 N–H and O–H groups in total. The molecular weight excluding hydrogens is 502 g/mol. The van der Waals surface area contributed by atoms with Crippen molar-refractivity contribution >= 4 is 23.3 Å². The van der Waals surface area contributed by atoms with Gasteiger partial charge in [0.1, 0.15) is 0 Å². The first-order valence-corrected chi connectivity index (χ1v) is 14.3.